The molecule has 0 atom stereocenters. The fraction of sp³-hybridized carbons (Fsp3) is 0.0769. The van der Waals surface area contributed by atoms with E-state index in [1.54, 1.807) is 0 Å². The van der Waals surface area contributed by atoms with Crippen LogP contribution in [0.5, 0.6) is 5.75 Å². The Morgan fingerprint density at radius 3 is 2.22 bits per heavy atom. The highest BCUT2D eigenvalue weighted by molar-refractivity contribution is 7.90. The van der Waals surface area contributed by atoms with Crippen LogP contribution in [0.4, 0.5) is 8.78 Å². The van der Waals surface area contributed by atoms with E-state index in [-0.39, 0.29) is 9.92 Å². The highest BCUT2D eigenvalue weighted by atomic mass is 35.5. The molecule has 0 saturated carbocycles. The third-order valence-electron chi connectivity index (χ3n) is 2.69. The molecule has 10 heteroatoms. The topological polar surface area (TPSA) is 77.5 Å². The molecule has 2 rings (SSSR count). The highest BCUT2D eigenvalue weighted by Gasteiger charge is 2.24. The zero-order valence-electron chi connectivity index (χ0n) is 11.5. The van der Waals surface area contributed by atoms with Crippen LogP contribution in [0, 0.1) is 11.6 Å². The molecule has 0 saturated heterocycles. The standard InChI is InChI=1S/C13H9ClF2O5S2/c1-22(17,18)9-3-4-10(14)13(7-9)23(19,20)21-12-5-2-8(15)6-11(12)16/h2-7H,1H3. The van der Waals surface area contributed by atoms with E-state index in [9.17, 15) is 25.6 Å². The first-order valence-corrected chi connectivity index (χ1v) is 9.57. The largest absolute Gasteiger partial charge is 0.376 e. The van der Waals surface area contributed by atoms with Gasteiger partial charge in [0.1, 0.15) is 10.7 Å². The molecule has 0 radical (unpaired) electrons. The Morgan fingerprint density at radius 1 is 1.00 bits per heavy atom. The first kappa shape index (κ1) is 17.6. The Hall–Kier alpha value is -1.71. The third kappa shape index (κ3) is 3.98. The summed E-state index contributed by atoms with van der Waals surface area (Å²) in [4.78, 5) is -0.950. The predicted molar refractivity (Wildman–Crippen MR) is 78.7 cm³/mol. The Kier molecular flexibility index (Phi) is 4.65. The van der Waals surface area contributed by atoms with Crippen molar-refractivity contribution in [1.29, 1.82) is 0 Å². The lowest BCUT2D eigenvalue weighted by Crippen LogP contribution is -2.12. The molecule has 0 N–H and O–H groups in total. The first-order chi connectivity index (χ1) is 10.5. The molecule has 0 aliphatic carbocycles. The molecule has 2 aromatic rings. The van der Waals surface area contributed by atoms with Crippen LogP contribution in [0.15, 0.2) is 46.2 Å². The van der Waals surface area contributed by atoms with Gasteiger partial charge < -0.3 is 4.18 Å². The van der Waals surface area contributed by atoms with Crippen molar-refractivity contribution in [2.24, 2.45) is 0 Å². The average molecular weight is 383 g/mol. The van der Waals surface area contributed by atoms with E-state index >= 15 is 0 Å². The van der Waals surface area contributed by atoms with Crippen molar-refractivity contribution in [2.45, 2.75) is 9.79 Å². The smallest absolute Gasteiger partial charge is 0.340 e. The lowest BCUT2D eigenvalue weighted by atomic mass is 10.3. The first-order valence-electron chi connectivity index (χ1n) is 5.90. The summed E-state index contributed by atoms with van der Waals surface area (Å²) in [5, 5.41) is -0.306. The van der Waals surface area contributed by atoms with Crippen LogP contribution < -0.4 is 4.18 Å². The zero-order chi connectivity index (χ0) is 17.4. The average Bonchev–Trinajstić information content (AvgIpc) is 2.41. The van der Waals surface area contributed by atoms with Crippen LogP contribution in [0.3, 0.4) is 0 Å². The zero-order valence-corrected chi connectivity index (χ0v) is 13.8. The molecule has 0 aromatic heterocycles. The van der Waals surface area contributed by atoms with Gasteiger partial charge in [0.25, 0.3) is 0 Å². The van der Waals surface area contributed by atoms with Gasteiger partial charge in [0.2, 0.25) is 0 Å². The molecule has 0 aliphatic rings. The second-order valence-electron chi connectivity index (χ2n) is 4.48. The molecule has 0 fully saturated rings. The minimum absolute atomic E-state index is 0.302. The molecule has 23 heavy (non-hydrogen) atoms. The molecule has 124 valence electrons. The number of benzene rings is 2. The summed E-state index contributed by atoms with van der Waals surface area (Å²) >= 11 is 5.75. The maximum Gasteiger partial charge on any atom is 0.340 e. The number of sulfone groups is 1. The molecule has 2 aromatic carbocycles. The summed E-state index contributed by atoms with van der Waals surface area (Å²) < 4.78 is 78.2. The normalized spacial score (nSPS) is 12.2. The van der Waals surface area contributed by atoms with E-state index in [4.69, 9.17) is 11.6 Å². The number of hydrogen-bond acceptors (Lipinski definition) is 5. The minimum Gasteiger partial charge on any atom is -0.376 e. The molecule has 0 amide bonds. The summed E-state index contributed by atoms with van der Waals surface area (Å²) in [5.74, 6) is -2.89. The van der Waals surface area contributed by atoms with E-state index in [1.165, 1.54) is 0 Å². The summed E-state index contributed by atoms with van der Waals surface area (Å²) in [6.45, 7) is 0. The second kappa shape index (κ2) is 6.06. The fourth-order valence-corrected chi connectivity index (χ4v) is 3.77. The Labute approximate surface area is 136 Å². The van der Waals surface area contributed by atoms with Gasteiger partial charge in [-0.15, -0.1) is 0 Å². The third-order valence-corrected chi connectivity index (χ3v) is 5.52. The minimum atomic E-state index is -4.62. The molecular formula is C13H9ClF2O5S2. The lowest BCUT2D eigenvalue weighted by Gasteiger charge is -2.10. The van der Waals surface area contributed by atoms with Crippen LogP contribution in [0.1, 0.15) is 0 Å². The van der Waals surface area contributed by atoms with Gasteiger partial charge in [-0.25, -0.2) is 17.2 Å². The van der Waals surface area contributed by atoms with Crippen molar-refractivity contribution < 1.29 is 29.8 Å². The number of rotatable bonds is 4. The lowest BCUT2D eigenvalue weighted by molar-refractivity contribution is 0.457. The number of hydrogen-bond donors (Lipinski definition) is 0. The molecule has 0 bridgehead atoms. The van der Waals surface area contributed by atoms with E-state index in [0.29, 0.717) is 6.07 Å². The fourth-order valence-electron chi connectivity index (χ4n) is 1.61. The van der Waals surface area contributed by atoms with E-state index < -0.39 is 42.2 Å². The SMILES string of the molecule is CS(=O)(=O)c1ccc(Cl)c(S(=O)(=O)Oc2ccc(F)cc2F)c1. The van der Waals surface area contributed by atoms with Crippen molar-refractivity contribution in [3.05, 3.63) is 53.1 Å². The molecule has 0 heterocycles. The van der Waals surface area contributed by atoms with Crippen molar-refractivity contribution >= 4 is 31.6 Å². The van der Waals surface area contributed by atoms with Crippen molar-refractivity contribution in [1.82, 2.24) is 0 Å². The number of halogens is 3. The summed E-state index contributed by atoms with van der Waals surface area (Å²) in [7, 11) is -8.31. The molecule has 0 aliphatic heterocycles. The van der Waals surface area contributed by atoms with Gasteiger partial charge in [-0.1, -0.05) is 11.6 Å². The highest BCUT2D eigenvalue weighted by Crippen LogP contribution is 2.28. The van der Waals surface area contributed by atoms with Crippen molar-refractivity contribution in [3.63, 3.8) is 0 Å². The van der Waals surface area contributed by atoms with Crippen LogP contribution in [-0.4, -0.2) is 23.1 Å². The van der Waals surface area contributed by atoms with Crippen LogP contribution >= 0.6 is 11.6 Å². The quantitative estimate of drug-likeness (QED) is 0.760. The Balaban J connectivity index is 2.51. The van der Waals surface area contributed by atoms with E-state index in [1.807, 2.05) is 0 Å². The van der Waals surface area contributed by atoms with Gasteiger partial charge in [-0.05, 0) is 30.3 Å². The molecule has 0 unspecified atom stereocenters. The second-order valence-corrected chi connectivity index (χ2v) is 8.41. The van der Waals surface area contributed by atoms with Gasteiger partial charge in [0.05, 0.1) is 9.92 Å². The summed E-state index contributed by atoms with van der Waals surface area (Å²) in [6, 6.07) is 5.02. The van der Waals surface area contributed by atoms with Gasteiger partial charge in [0, 0.05) is 12.3 Å². The van der Waals surface area contributed by atoms with Gasteiger partial charge in [-0.3, -0.25) is 0 Å². The van der Waals surface area contributed by atoms with Crippen molar-refractivity contribution in [3.8, 4) is 5.75 Å². The monoisotopic (exact) mass is 382 g/mol. The summed E-state index contributed by atoms with van der Waals surface area (Å²) in [6.07, 6.45) is 0.882. The molecule has 5 nitrogen and oxygen atoms in total. The Morgan fingerprint density at radius 2 is 1.65 bits per heavy atom. The van der Waals surface area contributed by atoms with E-state index in [2.05, 4.69) is 4.18 Å². The Bertz CT molecular complexity index is 972. The van der Waals surface area contributed by atoms with Crippen LogP contribution in [0.2, 0.25) is 5.02 Å². The summed E-state index contributed by atoms with van der Waals surface area (Å²) in [5.41, 5.74) is 0. The van der Waals surface area contributed by atoms with Crippen molar-refractivity contribution in [2.75, 3.05) is 6.26 Å². The predicted octanol–water partition coefficient (Wildman–Crippen LogP) is 2.79. The van der Waals surface area contributed by atoms with E-state index in [0.717, 1.165) is 36.6 Å². The van der Waals surface area contributed by atoms with Gasteiger partial charge in [-0.2, -0.15) is 8.42 Å². The molecular weight excluding hydrogens is 374 g/mol. The molecule has 0 spiro atoms. The maximum atomic E-state index is 13.5. The van der Waals surface area contributed by atoms with Crippen LogP contribution in [0.25, 0.3) is 0 Å². The van der Waals surface area contributed by atoms with Gasteiger partial charge in [0.15, 0.2) is 21.4 Å². The van der Waals surface area contributed by atoms with Crippen LogP contribution in [-0.2, 0) is 20.0 Å². The van der Waals surface area contributed by atoms with Gasteiger partial charge >= 0.3 is 10.1 Å². The maximum absolute atomic E-state index is 13.5.